The first-order chi connectivity index (χ1) is 10.5. The average molecular weight is 382 g/mol. The lowest BCUT2D eigenvalue weighted by molar-refractivity contribution is 0.0692. The van der Waals surface area contributed by atoms with Crippen LogP contribution in [0, 0.1) is 0 Å². The first-order valence-corrected chi connectivity index (χ1v) is 7.44. The molecule has 22 heavy (non-hydrogen) atoms. The highest BCUT2D eigenvalue weighted by atomic mass is 79.9. The molecule has 8 heteroatoms. The largest absolute Gasteiger partial charge is 0.476 e. The molecule has 0 radical (unpaired) electrons. The predicted molar refractivity (Wildman–Crippen MR) is 88.1 cm³/mol. The van der Waals surface area contributed by atoms with Crippen LogP contribution in [0.3, 0.4) is 0 Å². The van der Waals surface area contributed by atoms with Crippen molar-refractivity contribution in [3.8, 4) is 5.69 Å². The number of anilines is 1. The fourth-order valence-corrected chi connectivity index (χ4v) is 2.82. The summed E-state index contributed by atoms with van der Waals surface area (Å²) in [4.78, 5) is 15.6. The molecular formula is C14H10BrClN4O2. The molecule has 3 rings (SSSR count). The van der Waals surface area contributed by atoms with Crippen molar-refractivity contribution in [2.75, 3.05) is 12.4 Å². The first-order valence-electron chi connectivity index (χ1n) is 6.27. The third-order valence-electron chi connectivity index (χ3n) is 3.12. The van der Waals surface area contributed by atoms with Crippen LogP contribution in [0.15, 0.2) is 34.8 Å². The van der Waals surface area contributed by atoms with E-state index in [-0.39, 0.29) is 10.8 Å². The second-order valence-electron chi connectivity index (χ2n) is 4.48. The van der Waals surface area contributed by atoms with Gasteiger partial charge in [0, 0.05) is 17.6 Å². The van der Waals surface area contributed by atoms with E-state index in [4.69, 9.17) is 11.6 Å². The molecule has 0 aliphatic rings. The minimum absolute atomic E-state index is 0.0801. The maximum Gasteiger partial charge on any atom is 0.357 e. The highest BCUT2D eigenvalue weighted by molar-refractivity contribution is 9.10. The zero-order valence-corrected chi connectivity index (χ0v) is 13.7. The molecule has 2 aromatic heterocycles. The molecule has 0 atom stereocenters. The number of nitrogens with one attached hydrogen (secondary N) is 1. The number of hydrogen-bond donors (Lipinski definition) is 2. The lowest BCUT2D eigenvalue weighted by Gasteiger charge is -2.06. The van der Waals surface area contributed by atoms with Crippen molar-refractivity contribution in [3.05, 3.63) is 45.7 Å². The summed E-state index contributed by atoms with van der Waals surface area (Å²) in [5, 5.41) is 17.2. The summed E-state index contributed by atoms with van der Waals surface area (Å²) in [6, 6.07) is 8.98. The molecule has 3 aromatic rings. The van der Waals surface area contributed by atoms with Gasteiger partial charge in [0.15, 0.2) is 5.69 Å². The van der Waals surface area contributed by atoms with Crippen LogP contribution in [0.1, 0.15) is 10.5 Å². The van der Waals surface area contributed by atoms with E-state index in [1.165, 1.54) is 4.68 Å². The minimum atomic E-state index is -1.13. The van der Waals surface area contributed by atoms with Gasteiger partial charge in [-0.2, -0.15) is 5.10 Å². The van der Waals surface area contributed by atoms with Gasteiger partial charge in [0.05, 0.1) is 16.6 Å². The molecule has 0 saturated carbocycles. The van der Waals surface area contributed by atoms with Gasteiger partial charge >= 0.3 is 5.97 Å². The highest BCUT2D eigenvalue weighted by Gasteiger charge is 2.21. The molecule has 0 aliphatic carbocycles. The average Bonchev–Trinajstić information content (AvgIpc) is 2.86. The van der Waals surface area contributed by atoms with Gasteiger partial charge in [-0.1, -0.05) is 33.6 Å². The summed E-state index contributed by atoms with van der Waals surface area (Å²) < 4.78 is 2.40. The monoisotopic (exact) mass is 380 g/mol. The molecule has 0 spiro atoms. The van der Waals surface area contributed by atoms with Crippen molar-refractivity contribution in [3.63, 3.8) is 0 Å². The number of aromatic nitrogens is 3. The Morgan fingerprint density at radius 2 is 2.18 bits per heavy atom. The van der Waals surface area contributed by atoms with E-state index in [1.807, 2.05) is 24.3 Å². The lowest BCUT2D eigenvalue weighted by Crippen LogP contribution is -2.01. The molecule has 112 valence electrons. The first kappa shape index (κ1) is 14.8. The molecule has 0 unspecified atom stereocenters. The standard InChI is InChI=1S/C14H10BrClN4O2/c1-17-13-11-9(6-10(16)18-13)20(19-12(11)14(21)22)8-4-2-3-7(15)5-8/h2-6H,1H3,(H,17,18)(H,21,22). The van der Waals surface area contributed by atoms with Gasteiger partial charge in [0.25, 0.3) is 0 Å². The molecule has 0 bridgehead atoms. The number of benzene rings is 1. The smallest absolute Gasteiger partial charge is 0.357 e. The number of aromatic carboxylic acids is 1. The van der Waals surface area contributed by atoms with Gasteiger partial charge in [-0.3, -0.25) is 0 Å². The van der Waals surface area contributed by atoms with Crippen LogP contribution >= 0.6 is 27.5 Å². The molecule has 0 fully saturated rings. The van der Waals surface area contributed by atoms with E-state index in [9.17, 15) is 9.90 Å². The van der Waals surface area contributed by atoms with E-state index in [0.717, 1.165) is 10.2 Å². The van der Waals surface area contributed by atoms with Crippen LogP contribution in [0.4, 0.5) is 5.82 Å². The quantitative estimate of drug-likeness (QED) is 0.678. The summed E-state index contributed by atoms with van der Waals surface area (Å²) in [6.45, 7) is 0. The molecule has 0 saturated heterocycles. The van der Waals surface area contributed by atoms with Crippen LogP contribution in [-0.2, 0) is 0 Å². The Bertz CT molecular complexity index is 894. The highest BCUT2D eigenvalue weighted by Crippen LogP contribution is 2.30. The fraction of sp³-hybridized carbons (Fsp3) is 0.0714. The maximum absolute atomic E-state index is 11.5. The van der Waals surface area contributed by atoms with Crippen molar-refractivity contribution in [1.29, 1.82) is 0 Å². The number of pyridine rings is 1. The van der Waals surface area contributed by atoms with Crippen LogP contribution < -0.4 is 5.32 Å². The third kappa shape index (κ3) is 2.42. The number of rotatable bonds is 3. The molecule has 6 nitrogen and oxygen atoms in total. The molecule has 2 N–H and O–H groups in total. The number of hydrogen-bond acceptors (Lipinski definition) is 4. The maximum atomic E-state index is 11.5. The zero-order valence-electron chi connectivity index (χ0n) is 11.3. The predicted octanol–water partition coefficient (Wildman–Crippen LogP) is 3.58. The summed E-state index contributed by atoms with van der Waals surface area (Å²) in [6.07, 6.45) is 0. The summed E-state index contributed by atoms with van der Waals surface area (Å²) in [7, 11) is 1.65. The molecular weight excluding hydrogens is 372 g/mol. The summed E-state index contributed by atoms with van der Waals surface area (Å²) in [5.41, 5.74) is 1.21. The van der Waals surface area contributed by atoms with E-state index in [1.54, 1.807) is 13.1 Å². The minimum Gasteiger partial charge on any atom is -0.476 e. The Morgan fingerprint density at radius 1 is 1.41 bits per heavy atom. The Morgan fingerprint density at radius 3 is 2.82 bits per heavy atom. The summed E-state index contributed by atoms with van der Waals surface area (Å²) in [5.74, 6) is -0.750. The second kappa shape index (κ2) is 5.58. The molecule has 2 heterocycles. The second-order valence-corrected chi connectivity index (χ2v) is 5.79. The van der Waals surface area contributed by atoms with Crippen molar-refractivity contribution in [2.45, 2.75) is 0 Å². The van der Waals surface area contributed by atoms with Crippen LogP contribution in [0.25, 0.3) is 16.6 Å². The van der Waals surface area contributed by atoms with Crippen LogP contribution in [0.5, 0.6) is 0 Å². The number of halogens is 2. The number of nitrogens with zero attached hydrogens (tertiary/aromatic N) is 3. The van der Waals surface area contributed by atoms with Crippen LogP contribution in [-0.4, -0.2) is 32.9 Å². The SMILES string of the molecule is CNc1nc(Cl)cc2c1c(C(=O)O)nn2-c1cccc(Br)c1. The number of carboxylic acids is 1. The fourth-order valence-electron chi connectivity index (χ4n) is 2.24. The van der Waals surface area contributed by atoms with Gasteiger partial charge in [-0.25, -0.2) is 14.5 Å². The van der Waals surface area contributed by atoms with Crippen molar-refractivity contribution < 1.29 is 9.90 Å². The van der Waals surface area contributed by atoms with Crippen molar-refractivity contribution in [1.82, 2.24) is 14.8 Å². The lowest BCUT2D eigenvalue weighted by atomic mass is 10.2. The van der Waals surface area contributed by atoms with E-state index < -0.39 is 5.97 Å². The van der Waals surface area contributed by atoms with E-state index >= 15 is 0 Å². The Labute approximate surface area is 138 Å². The Balaban J connectivity index is 2.41. The van der Waals surface area contributed by atoms with Crippen molar-refractivity contribution in [2.24, 2.45) is 0 Å². The molecule has 1 aromatic carbocycles. The van der Waals surface area contributed by atoms with E-state index in [0.29, 0.717) is 16.7 Å². The number of fused-ring (bicyclic) bond motifs is 1. The zero-order chi connectivity index (χ0) is 15.9. The number of carboxylic acid groups (broad SMARTS) is 1. The van der Waals surface area contributed by atoms with Gasteiger partial charge in [0.2, 0.25) is 0 Å². The Hall–Kier alpha value is -2.12. The molecule has 0 aliphatic heterocycles. The van der Waals surface area contributed by atoms with Crippen LogP contribution in [0.2, 0.25) is 5.15 Å². The van der Waals surface area contributed by atoms with E-state index in [2.05, 4.69) is 31.3 Å². The normalized spacial score (nSPS) is 10.9. The van der Waals surface area contributed by atoms with Gasteiger partial charge in [-0.15, -0.1) is 0 Å². The molecule has 0 amide bonds. The van der Waals surface area contributed by atoms with Gasteiger partial charge in [-0.05, 0) is 18.2 Å². The summed E-state index contributed by atoms with van der Waals surface area (Å²) >= 11 is 9.43. The van der Waals surface area contributed by atoms with Gasteiger partial charge in [0.1, 0.15) is 11.0 Å². The van der Waals surface area contributed by atoms with Gasteiger partial charge < -0.3 is 10.4 Å². The topological polar surface area (TPSA) is 80.0 Å². The number of carbonyl (C=O) groups is 1. The van der Waals surface area contributed by atoms with Crippen molar-refractivity contribution >= 4 is 50.2 Å². The third-order valence-corrected chi connectivity index (χ3v) is 3.81. The Kier molecular flexibility index (Phi) is 3.76.